The number of nitrogens with one attached hydrogen (secondary N) is 1. The zero-order valence-corrected chi connectivity index (χ0v) is 21.9. The number of Topliss-reactive ketones (excluding diaryl/α,β-unsaturated/α-hetero) is 1. The van der Waals surface area contributed by atoms with Gasteiger partial charge in [0.2, 0.25) is 5.78 Å². The second kappa shape index (κ2) is 9.52. The lowest BCUT2D eigenvalue weighted by Gasteiger charge is -2.27. The van der Waals surface area contributed by atoms with E-state index in [0.717, 1.165) is 38.5 Å². The van der Waals surface area contributed by atoms with Gasteiger partial charge in [-0.1, -0.05) is 39.5 Å². The van der Waals surface area contributed by atoms with Gasteiger partial charge in [0.1, 0.15) is 5.76 Å². The summed E-state index contributed by atoms with van der Waals surface area (Å²) in [5, 5.41) is 20.5. The van der Waals surface area contributed by atoms with Crippen LogP contribution >= 0.6 is 0 Å². The Morgan fingerprint density at radius 1 is 0.889 bits per heavy atom. The van der Waals surface area contributed by atoms with Gasteiger partial charge in [0.15, 0.2) is 0 Å². The van der Waals surface area contributed by atoms with Crippen molar-refractivity contribution in [2.24, 2.45) is 16.9 Å². The van der Waals surface area contributed by atoms with Crippen molar-refractivity contribution in [3.8, 4) is 0 Å². The molecule has 2 fully saturated rings. The van der Waals surface area contributed by atoms with Crippen LogP contribution in [0.15, 0.2) is 26.8 Å². The lowest BCUT2D eigenvalue weighted by Crippen LogP contribution is -2.37. The summed E-state index contributed by atoms with van der Waals surface area (Å²) in [6, 6.07) is -0.0586. The average molecular weight is 495 g/mol. The highest BCUT2D eigenvalue weighted by atomic mass is 16.3. The van der Waals surface area contributed by atoms with Crippen molar-refractivity contribution in [1.82, 2.24) is 14.8 Å². The molecule has 0 aromatic carbocycles. The van der Waals surface area contributed by atoms with E-state index in [9.17, 15) is 19.5 Å². The summed E-state index contributed by atoms with van der Waals surface area (Å²) in [5.41, 5.74) is 1.36. The van der Waals surface area contributed by atoms with Gasteiger partial charge in [-0.3, -0.25) is 19.5 Å². The Balaban J connectivity index is 1.53. The van der Waals surface area contributed by atoms with Gasteiger partial charge in [-0.25, -0.2) is 9.69 Å². The number of carbonyl (C=O) groups excluding carboxylic acids is 2. The number of amides is 1. The van der Waals surface area contributed by atoms with Crippen molar-refractivity contribution in [2.75, 3.05) is 0 Å². The third kappa shape index (κ3) is 3.71. The lowest BCUT2D eigenvalue weighted by molar-refractivity contribution is -0.129. The number of aliphatic hydroxyl groups is 1. The highest BCUT2D eigenvalue weighted by Gasteiger charge is 2.46. The van der Waals surface area contributed by atoms with Gasteiger partial charge in [-0.05, 0) is 64.2 Å². The number of rotatable bonds is 7. The van der Waals surface area contributed by atoms with Crippen LogP contribution in [0.5, 0.6) is 0 Å². The summed E-state index contributed by atoms with van der Waals surface area (Å²) in [6.07, 6.45) is 9.98. The Morgan fingerprint density at radius 2 is 1.47 bits per heavy atom. The fraction of sp³-hybridized carbons (Fsp3) is 0.643. The summed E-state index contributed by atoms with van der Waals surface area (Å²) in [4.78, 5) is 40.5. The summed E-state index contributed by atoms with van der Waals surface area (Å²) < 4.78 is 1.63. The van der Waals surface area contributed by atoms with Gasteiger partial charge in [0.05, 0.1) is 40.1 Å². The van der Waals surface area contributed by atoms with Crippen LogP contribution in [0.3, 0.4) is 0 Å². The zero-order valence-electron chi connectivity index (χ0n) is 21.9. The molecular weight excluding hydrogens is 456 g/mol. The van der Waals surface area contributed by atoms with Crippen LogP contribution in [-0.2, 0) is 16.0 Å². The van der Waals surface area contributed by atoms with E-state index in [1.807, 2.05) is 27.7 Å². The number of H-pyrrole nitrogens is 1. The van der Waals surface area contributed by atoms with Gasteiger partial charge >= 0.3 is 0 Å². The summed E-state index contributed by atoms with van der Waals surface area (Å²) in [7, 11) is 0. The number of carbonyl (C=O) groups is 2. The van der Waals surface area contributed by atoms with E-state index < -0.39 is 5.78 Å². The van der Waals surface area contributed by atoms with Crippen LogP contribution < -0.4 is 5.56 Å². The molecule has 0 spiro atoms. The number of hydrogen-bond donors (Lipinski definition) is 2. The van der Waals surface area contributed by atoms with Crippen LogP contribution in [0.25, 0.3) is 5.57 Å². The molecule has 36 heavy (non-hydrogen) atoms. The molecule has 2 heterocycles. The molecule has 0 radical (unpaired) electrons. The van der Waals surface area contributed by atoms with Crippen molar-refractivity contribution in [2.45, 2.75) is 104 Å². The van der Waals surface area contributed by atoms with Gasteiger partial charge in [-0.15, -0.1) is 0 Å². The predicted octanol–water partition coefficient (Wildman–Crippen LogP) is 4.83. The topological polar surface area (TPSA) is 108 Å². The SMILES string of the molecule is CCC1=NN(C(C)C2CCCC2)C(=O)C1=C1C(=O)C(c2c(CC)[nH]n(C(C)C3CCCC3)c2=O)=C1O. The number of hydrazone groups is 1. The Labute approximate surface area is 212 Å². The number of ketones is 1. The van der Waals surface area contributed by atoms with Gasteiger partial charge < -0.3 is 5.11 Å². The highest BCUT2D eigenvalue weighted by Crippen LogP contribution is 2.42. The minimum atomic E-state index is -0.446. The summed E-state index contributed by atoms with van der Waals surface area (Å²) in [6.45, 7) is 7.88. The molecule has 2 unspecified atom stereocenters. The maximum Gasteiger partial charge on any atom is 0.277 e. The number of aromatic nitrogens is 2. The van der Waals surface area contributed by atoms with Crippen LogP contribution in [0.2, 0.25) is 0 Å². The minimum absolute atomic E-state index is 0.00401. The first-order chi connectivity index (χ1) is 17.3. The second-order valence-corrected chi connectivity index (χ2v) is 10.9. The molecule has 0 bridgehead atoms. The fourth-order valence-electron chi connectivity index (χ4n) is 6.70. The molecule has 8 nitrogen and oxygen atoms in total. The van der Waals surface area contributed by atoms with E-state index in [4.69, 9.17) is 0 Å². The molecule has 1 amide bonds. The number of nitrogens with zero attached hydrogens (tertiary/aromatic N) is 3. The molecule has 5 rings (SSSR count). The van der Waals surface area contributed by atoms with Crippen molar-refractivity contribution in [3.63, 3.8) is 0 Å². The Hall–Kier alpha value is -2.90. The smallest absolute Gasteiger partial charge is 0.277 e. The molecule has 2 atom stereocenters. The number of allylic oxidation sites excluding steroid dienone is 2. The average Bonchev–Trinajstić information content (AvgIpc) is 3.68. The predicted molar refractivity (Wildman–Crippen MR) is 139 cm³/mol. The largest absolute Gasteiger partial charge is 0.506 e. The van der Waals surface area contributed by atoms with Crippen molar-refractivity contribution in [1.29, 1.82) is 0 Å². The van der Waals surface area contributed by atoms with E-state index in [0.29, 0.717) is 36.1 Å². The molecule has 194 valence electrons. The molecule has 1 aromatic heterocycles. The number of hydrogen-bond acceptors (Lipinski definition) is 5. The zero-order chi connectivity index (χ0) is 25.7. The molecule has 4 aliphatic rings. The number of aliphatic hydroxyl groups excluding tert-OH is 1. The number of aryl methyl sites for hydroxylation is 1. The Morgan fingerprint density at radius 3 is 2.00 bits per heavy atom. The molecule has 3 aliphatic carbocycles. The van der Waals surface area contributed by atoms with Crippen LogP contribution in [0.1, 0.15) is 103 Å². The van der Waals surface area contributed by atoms with Crippen molar-refractivity contribution < 1.29 is 14.7 Å². The minimum Gasteiger partial charge on any atom is -0.506 e. The summed E-state index contributed by atoms with van der Waals surface area (Å²) in [5.74, 6) is -0.213. The van der Waals surface area contributed by atoms with Crippen LogP contribution in [0.4, 0.5) is 0 Å². The fourth-order valence-corrected chi connectivity index (χ4v) is 6.70. The Bertz CT molecular complexity index is 1230. The van der Waals surface area contributed by atoms with Gasteiger partial charge in [-0.2, -0.15) is 5.10 Å². The van der Waals surface area contributed by atoms with E-state index in [1.165, 1.54) is 17.9 Å². The van der Waals surface area contributed by atoms with E-state index in [1.54, 1.807) is 4.68 Å². The molecule has 8 heteroatoms. The van der Waals surface area contributed by atoms with Gasteiger partial charge in [0, 0.05) is 5.69 Å². The van der Waals surface area contributed by atoms with Crippen LogP contribution in [-0.4, -0.2) is 43.3 Å². The highest BCUT2D eigenvalue weighted by molar-refractivity contribution is 6.44. The first kappa shape index (κ1) is 24.8. The third-order valence-electron chi connectivity index (χ3n) is 9.00. The Kier molecular flexibility index (Phi) is 6.55. The first-order valence-electron chi connectivity index (χ1n) is 13.8. The standard InChI is InChI=1S/C28H38N4O4/c1-5-19-21(27(35)31(29-19)15(3)17-11-7-8-12-17)23-25(33)24(26(23)34)22-20(6-2)30-32(28(22)36)16(4)18-13-9-10-14-18/h15-18,29,33H,5-14H2,1-4H3. The maximum absolute atomic E-state index is 13.5. The molecule has 2 saturated carbocycles. The third-order valence-corrected chi connectivity index (χ3v) is 9.00. The quantitative estimate of drug-likeness (QED) is 0.530. The van der Waals surface area contributed by atoms with Gasteiger partial charge in [0.25, 0.3) is 11.5 Å². The second-order valence-electron chi connectivity index (χ2n) is 10.9. The lowest BCUT2D eigenvalue weighted by atomic mass is 9.79. The monoisotopic (exact) mass is 494 g/mol. The van der Waals surface area contributed by atoms with E-state index in [-0.39, 0.29) is 51.6 Å². The molecular formula is C28H38N4O4. The van der Waals surface area contributed by atoms with Crippen molar-refractivity contribution >= 4 is 23.0 Å². The molecule has 1 aromatic rings. The number of aromatic amines is 1. The maximum atomic E-state index is 13.5. The normalized spacial score (nSPS) is 25.2. The molecule has 2 N–H and O–H groups in total. The van der Waals surface area contributed by atoms with E-state index in [2.05, 4.69) is 10.2 Å². The first-order valence-corrected chi connectivity index (χ1v) is 13.8. The van der Waals surface area contributed by atoms with E-state index >= 15 is 0 Å². The summed E-state index contributed by atoms with van der Waals surface area (Å²) >= 11 is 0. The van der Waals surface area contributed by atoms with Crippen LogP contribution in [0, 0.1) is 11.8 Å². The molecule has 1 aliphatic heterocycles. The van der Waals surface area contributed by atoms with Crippen molar-refractivity contribution in [3.05, 3.63) is 38.5 Å². The molecule has 0 saturated heterocycles.